The number of nitrogens with zero attached hydrogens (tertiary/aromatic N) is 2. The molecule has 3 aliphatic rings. The molecule has 25 heavy (non-hydrogen) atoms. The van der Waals surface area contributed by atoms with Gasteiger partial charge >= 0.3 is 0 Å². The number of anilines is 1. The Bertz CT molecular complexity index is 811. The molecule has 0 bridgehead atoms. The van der Waals surface area contributed by atoms with E-state index in [1.54, 1.807) is 41.6 Å². The number of carbonyl (C=O) groups is 2. The summed E-state index contributed by atoms with van der Waals surface area (Å²) in [6, 6.07) is 2.31. The number of amides is 2. The number of rotatable bonds is 2. The van der Waals surface area contributed by atoms with Crippen molar-refractivity contribution in [3.05, 3.63) is 65.8 Å². The van der Waals surface area contributed by atoms with Gasteiger partial charge in [0.2, 0.25) is 0 Å². The van der Waals surface area contributed by atoms with Gasteiger partial charge in [0, 0.05) is 18.8 Å². The normalized spacial score (nSPS) is 22.5. The predicted molar refractivity (Wildman–Crippen MR) is 85.4 cm³/mol. The Kier molecular flexibility index (Phi) is 3.92. The van der Waals surface area contributed by atoms with E-state index >= 15 is 0 Å². The number of hydrogen-bond donors (Lipinski definition) is 1. The highest BCUT2D eigenvalue weighted by atomic mass is 19.1. The first-order valence-corrected chi connectivity index (χ1v) is 7.70. The summed E-state index contributed by atoms with van der Waals surface area (Å²) >= 11 is 0. The van der Waals surface area contributed by atoms with Gasteiger partial charge in [-0.05, 0) is 24.3 Å². The number of carbonyl (C=O) groups excluding carboxylic acids is 2. The van der Waals surface area contributed by atoms with Gasteiger partial charge in [-0.3, -0.25) is 19.3 Å². The Morgan fingerprint density at radius 1 is 1.08 bits per heavy atom. The minimum Gasteiger partial charge on any atom is -0.323 e. The summed E-state index contributed by atoms with van der Waals surface area (Å²) in [5.41, 5.74) is 2.69. The van der Waals surface area contributed by atoms with E-state index in [1.807, 2.05) is 0 Å². The molecule has 3 aliphatic heterocycles. The van der Waals surface area contributed by atoms with Gasteiger partial charge in [-0.15, -0.1) is 0 Å². The van der Waals surface area contributed by atoms with Crippen LogP contribution in [0.25, 0.3) is 0 Å². The predicted octanol–water partition coefficient (Wildman–Crippen LogP) is 2.01. The first-order chi connectivity index (χ1) is 12.2. The van der Waals surface area contributed by atoms with Crippen LogP contribution in [0, 0.1) is 5.82 Å². The zero-order chi connectivity index (χ0) is 17.4. The summed E-state index contributed by atoms with van der Waals surface area (Å²) in [6.45, 7) is 0.280. The SMILES string of the molecule is O=C1c2cc(F)cc(N3C=CC=CC=C3)c2C(=O)N1[C@H]1CCONO1. The van der Waals surface area contributed by atoms with Crippen LogP contribution in [0.15, 0.2) is 48.8 Å². The van der Waals surface area contributed by atoms with Gasteiger partial charge < -0.3 is 4.90 Å². The van der Waals surface area contributed by atoms with Gasteiger partial charge in [0.05, 0.1) is 23.4 Å². The molecule has 1 atom stereocenters. The molecule has 1 aromatic carbocycles. The maximum Gasteiger partial charge on any atom is 0.265 e. The molecule has 8 heteroatoms. The molecule has 4 rings (SSSR count). The lowest BCUT2D eigenvalue weighted by Crippen LogP contribution is -2.47. The van der Waals surface area contributed by atoms with Crippen molar-refractivity contribution in [3.8, 4) is 0 Å². The first kappa shape index (κ1) is 15.7. The fraction of sp³-hybridized carbons (Fsp3) is 0.176. The highest BCUT2D eigenvalue weighted by molar-refractivity contribution is 6.24. The van der Waals surface area contributed by atoms with Crippen molar-refractivity contribution in [2.24, 2.45) is 0 Å². The average Bonchev–Trinajstić information content (AvgIpc) is 2.81. The zero-order valence-electron chi connectivity index (χ0n) is 13.0. The number of nitrogens with one attached hydrogen (secondary N) is 1. The van der Waals surface area contributed by atoms with Crippen LogP contribution < -0.4 is 10.5 Å². The topological polar surface area (TPSA) is 71.1 Å². The maximum absolute atomic E-state index is 14.1. The number of allylic oxidation sites excluding steroid dienone is 4. The lowest BCUT2D eigenvalue weighted by Gasteiger charge is -2.28. The quantitative estimate of drug-likeness (QED) is 0.829. The molecule has 0 unspecified atom stereocenters. The molecule has 1 N–H and O–H groups in total. The summed E-state index contributed by atoms with van der Waals surface area (Å²) in [6.07, 6.45) is 9.99. The molecule has 0 aliphatic carbocycles. The first-order valence-electron chi connectivity index (χ1n) is 7.70. The van der Waals surface area contributed by atoms with Crippen molar-refractivity contribution < 1.29 is 23.7 Å². The Balaban J connectivity index is 1.78. The molecular weight excluding hydrogens is 329 g/mol. The van der Waals surface area contributed by atoms with Crippen LogP contribution in [0.1, 0.15) is 27.1 Å². The number of benzene rings is 1. The van der Waals surface area contributed by atoms with Gasteiger partial charge in [-0.1, -0.05) is 17.8 Å². The zero-order valence-corrected chi connectivity index (χ0v) is 13.0. The van der Waals surface area contributed by atoms with Crippen LogP contribution in [0.2, 0.25) is 0 Å². The Labute approximate surface area is 142 Å². The van der Waals surface area contributed by atoms with Crippen LogP contribution in [0.3, 0.4) is 0 Å². The van der Waals surface area contributed by atoms with Crippen molar-refractivity contribution >= 4 is 17.5 Å². The second-order valence-corrected chi connectivity index (χ2v) is 5.60. The Morgan fingerprint density at radius 3 is 2.52 bits per heavy atom. The van der Waals surface area contributed by atoms with Gasteiger partial charge in [-0.2, -0.15) is 0 Å². The second-order valence-electron chi connectivity index (χ2n) is 5.60. The lowest BCUT2D eigenvalue weighted by molar-refractivity contribution is -0.259. The summed E-state index contributed by atoms with van der Waals surface area (Å²) in [5.74, 6) is -1.71. The van der Waals surface area contributed by atoms with Gasteiger partial charge in [0.1, 0.15) is 5.82 Å². The largest absolute Gasteiger partial charge is 0.323 e. The smallest absolute Gasteiger partial charge is 0.265 e. The maximum atomic E-state index is 14.1. The van der Waals surface area contributed by atoms with Crippen LogP contribution >= 0.6 is 0 Å². The molecule has 3 heterocycles. The van der Waals surface area contributed by atoms with Crippen LogP contribution in [0.4, 0.5) is 10.1 Å². The van der Waals surface area contributed by atoms with Crippen molar-refractivity contribution in [2.75, 3.05) is 11.5 Å². The molecule has 0 spiro atoms. The molecule has 128 valence electrons. The summed E-state index contributed by atoms with van der Waals surface area (Å²) in [7, 11) is 0. The molecule has 2 amide bonds. The molecule has 0 aromatic heterocycles. The third-order valence-electron chi connectivity index (χ3n) is 4.07. The highest BCUT2D eigenvalue weighted by Crippen LogP contribution is 2.35. The molecular formula is C17H14FN3O4. The van der Waals surface area contributed by atoms with Gasteiger partial charge in [-0.25, -0.2) is 9.29 Å². The van der Waals surface area contributed by atoms with Crippen molar-refractivity contribution in [1.29, 1.82) is 0 Å². The van der Waals surface area contributed by atoms with E-state index in [0.29, 0.717) is 12.1 Å². The van der Waals surface area contributed by atoms with Crippen molar-refractivity contribution in [1.82, 2.24) is 10.5 Å². The van der Waals surface area contributed by atoms with Crippen LogP contribution in [-0.4, -0.2) is 29.5 Å². The van der Waals surface area contributed by atoms with E-state index in [-0.39, 0.29) is 17.7 Å². The number of imide groups is 1. The number of halogens is 1. The minimum absolute atomic E-state index is 0.0223. The van der Waals surface area contributed by atoms with E-state index in [2.05, 4.69) is 5.64 Å². The van der Waals surface area contributed by atoms with Gasteiger partial charge in [0.15, 0.2) is 6.23 Å². The molecule has 0 saturated carbocycles. The molecule has 1 aromatic rings. The number of fused-ring (bicyclic) bond motifs is 1. The molecule has 0 radical (unpaired) electrons. The highest BCUT2D eigenvalue weighted by Gasteiger charge is 2.44. The van der Waals surface area contributed by atoms with Gasteiger partial charge in [0.25, 0.3) is 11.8 Å². The lowest BCUT2D eigenvalue weighted by atomic mass is 10.1. The second kappa shape index (κ2) is 6.25. The Hall–Kier alpha value is -2.81. The fourth-order valence-electron chi connectivity index (χ4n) is 2.95. The van der Waals surface area contributed by atoms with E-state index < -0.39 is 23.9 Å². The van der Waals surface area contributed by atoms with E-state index in [4.69, 9.17) is 9.68 Å². The van der Waals surface area contributed by atoms with Crippen molar-refractivity contribution in [2.45, 2.75) is 12.6 Å². The van der Waals surface area contributed by atoms with Crippen LogP contribution in [0.5, 0.6) is 0 Å². The third kappa shape index (κ3) is 2.66. The molecule has 1 saturated heterocycles. The summed E-state index contributed by atoms with van der Waals surface area (Å²) < 4.78 is 14.1. The molecule has 1 fully saturated rings. The third-order valence-corrected chi connectivity index (χ3v) is 4.07. The standard InChI is InChI=1S/C17H14FN3O4/c18-11-9-12-15(13(10-11)20-6-3-1-2-4-7-20)17(23)21(16(12)22)14-5-8-24-19-25-14/h1-4,6-7,9-10,14,19H,5,8H2/t14-/m1/s1. The minimum atomic E-state index is -0.811. The average molecular weight is 343 g/mol. The number of hydrogen-bond acceptors (Lipinski definition) is 6. The molecule has 7 nitrogen and oxygen atoms in total. The monoisotopic (exact) mass is 343 g/mol. The van der Waals surface area contributed by atoms with Crippen molar-refractivity contribution in [3.63, 3.8) is 0 Å². The summed E-state index contributed by atoms with van der Waals surface area (Å²) in [5, 5.41) is 0. The Morgan fingerprint density at radius 2 is 1.84 bits per heavy atom. The van der Waals surface area contributed by atoms with E-state index in [0.717, 1.165) is 11.0 Å². The summed E-state index contributed by atoms with van der Waals surface area (Å²) in [4.78, 5) is 38.2. The van der Waals surface area contributed by atoms with E-state index in [1.165, 1.54) is 6.07 Å². The fourth-order valence-corrected chi connectivity index (χ4v) is 2.95. The van der Waals surface area contributed by atoms with Crippen LogP contribution in [-0.2, 0) is 9.68 Å². The van der Waals surface area contributed by atoms with E-state index in [9.17, 15) is 14.0 Å².